The maximum atomic E-state index is 13.1. The van der Waals surface area contributed by atoms with Gasteiger partial charge in [-0.15, -0.1) is 0 Å². The smallest absolute Gasteiger partial charge is 0.387 e. The lowest BCUT2D eigenvalue weighted by molar-refractivity contribution is -0.870. The number of amides is 1. The average molecular weight is 1240 g/mol. The highest BCUT2D eigenvalue weighted by Crippen LogP contribution is 2.43. The van der Waals surface area contributed by atoms with Crippen molar-refractivity contribution < 1.29 is 32.9 Å². The van der Waals surface area contributed by atoms with Crippen LogP contribution in [0.3, 0.4) is 0 Å². The van der Waals surface area contributed by atoms with E-state index in [1.165, 1.54) is 360 Å². The third-order valence-electron chi connectivity index (χ3n) is 18.2. The minimum Gasteiger partial charge on any atom is -0.387 e. The lowest BCUT2D eigenvalue weighted by Crippen LogP contribution is -2.45. The number of carbonyl (C=O) groups is 1. The number of nitrogens with one attached hydrogen (secondary N) is 1. The Labute approximate surface area is 538 Å². The van der Waals surface area contributed by atoms with E-state index in [0.717, 1.165) is 32.1 Å². The quantitative estimate of drug-likeness (QED) is 0.0243. The molecule has 0 rings (SSSR count). The number of phosphoric ester groups is 1. The molecule has 3 N–H and O–H groups in total. The molecule has 0 aliphatic heterocycles. The molecule has 0 aromatic carbocycles. The Hall–Kier alpha value is -1.02. The van der Waals surface area contributed by atoms with Gasteiger partial charge in [0.05, 0.1) is 39.9 Å². The highest BCUT2D eigenvalue weighted by Gasteiger charge is 2.28. The minimum absolute atomic E-state index is 0.0648. The van der Waals surface area contributed by atoms with Gasteiger partial charge in [0.15, 0.2) is 0 Å². The van der Waals surface area contributed by atoms with E-state index in [1.807, 2.05) is 27.2 Å². The summed E-state index contributed by atoms with van der Waals surface area (Å²) in [6.45, 7) is 4.89. The number of quaternary nitrogens is 1. The van der Waals surface area contributed by atoms with Gasteiger partial charge in [0, 0.05) is 6.42 Å². The molecular formula is C77H154N2O6P+. The second-order valence-electron chi connectivity index (χ2n) is 28.1. The molecule has 0 aliphatic carbocycles. The van der Waals surface area contributed by atoms with Crippen LogP contribution in [-0.2, 0) is 18.4 Å². The van der Waals surface area contributed by atoms with Crippen molar-refractivity contribution in [3.05, 3.63) is 24.3 Å². The van der Waals surface area contributed by atoms with Gasteiger partial charge in [0.25, 0.3) is 0 Å². The first-order chi connectivity index (χ1) is 42.0. The van der Waals surface area contributed by atoms with Crippen molar-refractivity contribution in [1.29, 1.82) is 0 Å². The maximum Gasteiger partial charge on any atom is 0.472 e. The number of rotatable bonds is 73. The Morgan fingerprint density at radius 1 is 0.384 bits per heavy atom. The van der Waals surface area contributed by atoms with E-state index in [4.69, 9.17) is 9.05 Å². The second-order valence-corrected chi connectivity index (χ2v) is 29.5. The van der Waals surface area contributed by atoms with Crippen molar-refractivity contribution >= 4 is 13.7 Å². The Kier molecular flexibility index (Phi) is 67.5. The number of phosphoric acid groups is 1. The van der Waals surface area contributed by atoms with Gasteiger partial charge in [-0.3, -0.25) is 13.8 Å². The topological polar surface area (TPSA) is 105 Å². The van der Waals surface area contributed by atoms with Gasteiger partial charge in [-0.05, 0) is 44.9 Å². The van der Waals surface area contributed by atoms with Crippen LogP contribution in [-0.4, -0.2) is 73.4 Å². The first kappa shape index (κ1) is 85.0. The summed E-state index contributed by atoms with van der Waals surface area (Å²) >= 11 is 0. The van der Waals surface area contributed by atoms with Gasteiger partial charge in [-0.1, -0.05) is 385 Å². The molecule has 3 atom stereocenters. The first-order valence-electron chi connectivity index (χ1n) is 38.7. The molecule has 9 heteroatoms. The largest absolute Gasteiger partial charge is 0.472 e. The Morgan fingerprint density at radius 3 is 0.895 bits per heavy atom. The molecule has 0 aliphatic rings. The van der Waals surface area contributed by atoms with Crippen molar-refractivity contribution in [2.45, 2.75) is 424 Å². The second kappa shape index (κ2) is 68.3. The van der Waals surface area contributed by atoms with Crippen LogP contribution in [0.2, 0.25) is 0 Å². The average Bonchev–Trinajstić information content (AvgIpc) is 3.70. The highest BCUT2D eigenvalue weighted by atomic mass is 31.2. The first-order valence-corrected chi connectivity index (χ1v) is 40.2. The van der Waals surface area contributed by atoms with Crippen LogP contribution in [0.15, 0.2) is 24.3 Å². The summed E-state index contributed by atoms with van der Waals surface area (Å²) in [7, 11) is 1.60. The SMILES string of the molecule is CCCCCCCCCC/C=C\CCCCCCCCCCCCCCCCCCCCCCCCCC(=O)NC(COP(=O)(O)OCC[N+](C)(C)C)C(O)/C=C/CCCCCCCCCCCCCCCCCCCCCCCCCCCCC. The molecule has 0 radical (unpaired) electrons. The van der Waals surface area contributed by atoms with Crippen molar-refractivity contribution in [2.24, 2.45) is 0 Å². The van der Waals surface area contributed by atoms with Crippen molar-refractivity contribution in [3.8, 4) is 0 Å². The number of carbonyl (C=O) groups excluding carboxylic acids is 1. The van der Waals surface area contributed by atoms with E-state index >= 15 is 0 Å². The molecule has 0 aromatic rings. The van der Waals surface area contributed by atoms with Crippen LogP contribution in [0, 0.1) is 0 Å². The molecule has 8 nitrogen and oxygen atoms in total. The minimum atomic E-state index is -4.35. The molecule has 1 amide bonds. The molecule has 0 spiro atoms. The Morgan fingerprint density at radius 2 is 0.628 bits per heavy atom. The lowest BCUT2D eigenvalue weighted by Gasteiger charge is -2.25. The van der Waals surface area contributed by atoms with E-state index in [2.05, 4.69) is 31.3 Å². The lowest BCUT2D eigenvalue weighted by atomic mass is 10.0. The third-order valence-corrected chi connectivity index (χ3v) is 19.1. The summed E-state index contributed by atoms with van der Waals surface area (Å²) < 4.78 is 23.9. The van der Waals surface area contributed by atoms with Crippen LogP contribution in [0.4, 0.5) is 0 Å². The summed E-state index contributed by atoms with van der Waals surface area (Å²) in [5.74, 6) is -0.167. The van der Waals surface area contributed by atoms with Gasteiger partial charge in [-0.2, -0.15) is 0 Å². The maximum absolute atomic E-state index is 13.1. The fourth-order valence-electron chi connectivity index (χ4n) is 12.2. The normalized spacial score (nSPS) is 13.6. The standard InChI is InChI=1S/C77H153N2O6P/c1-6-8-10-12-14-16-18-20-22-24-26-28-30-32-34-36-37-38-39-40-41-43-45-47-49-51-53-55-57-59-61-63-65-67-69-71-77(81)78-75(74-85-86(82,83)84-73-72-79(3,4)5)76(80)70-68-66-64-62-60-58-56-54-52-50-48-46-44-42-35-33-31-29-27-25-23-21-19-17-15-13-11-9-7-2/h24,26,68,70,75-76,80H,6-23,25,27-67,69,71-74H2,1-5H3,(H-,78,81,82,83)/p+1/b26-24-,70-68+. The highest BCUT2D eigenvalue weighted by molar-refractivity contribution is 7.47. The molecule has 0 fully saturated rings. The molecule has 0 aromatic heterocycles. The fourth-order valence-corrected chi connectivity index (χ4v) is 12.9. The van der Waals surface area contributed by atoms with Crippen LogP contribution in [0.1, 0.15) is 412 Å². The monoisotopic (exact) mass is 1230 g/mol. The van der Waals surface area contributed by atoms with Gasteiger partial charge in [0.1, 0.15) is 13.2 Å². The predicted octanol–water partition coefficient (Wildman–Crippen LogP) is 25.0. The third kappa shape index (κ3) is 70.4. The number of aliphatic hydroxyl groups is 1. The number of hydrogen-bond acceptors (Lipinski definition) is 5. The summed E-state index contributed by atoms with van der Waals surface area (Å²) in [6, 6.07) is -0.846. The van der Waals surface area contributed by atoms with E-state index in [1.54, 1.807) is 6.08 Å². The van der Waals surface area contributed by atoms with Gasteiger partial charge in [0.2, 0.25) is 5.91 Å². The fraction of sp³-hybridized carbons (Fsp3) is 0.935. The van der Waals surface area contributed by atoms with Crippen LogP contribution < -0.4 is 5.32 Å². The van der Waals surface area contributed by atoms with Crippen molar-refractivity contribution in [3.63, 3.8) is 0 Å². The molecule has 0 saturated carbocycles. The summed E-state index contributed by atoms with van der Waals surface area (Å²) in [5.41, 5.74) is 0. The number of unbranched alkanes of at least 4 members (excludes halogenated alkanes) is 58. The summed E-state index contributed by atoms with van der Waals surface area (Å²) in [6.07, 6.45) is 90.8. The molecule has 0 bridgehead atoms. The molecule has 512 valence electrons. The van der Waals surface area contributed by atoms with Crippen molar-refractivity contribution in [2.75, 3.05) is 40.9 Å². The zero-order valence-electron chi connectivity index (χ0n) is 58.8. The van der Waals surface area contributed by atoms with E-state index in [9.17, 15) is 19.4 Å². The molecule has 3 unspecified atom stereocenters. The molecule has 86 heavy (non-hydrogen) atoms. The summed E-state index contributed by atoms with van der Waals surface area (Å²) in [5, 5.41) is 14.1. The summed E-state index contributed by atoms with van der Waals surface area (Å²) in [4.78, 5) is 23.5. The number of hydrogen-bond donors (Lipinski definition) is 3. The number of aliphatic hydroxyl groups excluding tert-OH is 1. The van der Waals surface area contributed by atoms with E-state index in [0.29, 0.717) is 17.4 Å². The van der Waals surface area contributed by atoms with Gasteiger partial charge >= 0.3 is 7.82 Å². The van der Waals surface area contributed by atoms with Gasteiger partial charge < -0.3 is 19.8 Å². The number of nitrogens with zero attached hydrogens (tertiary/aromatic N) is 1. The van der Waals surface area contributed by atoms with E-state index in [-0.39, 0.29) is 19.1 Å². The van der Waals surface area contributed by atoms with Gasteiger partial charge in [-0.25, -0.2) is 4.57 Å². The zero-order chi connectivity index (χ0) is 62.6. The zero-order valence-corrected chi connectivity index (χ0v) is 59.7. The molecule has 0 saturated heterocycles. The predicted molar refractivity (Wildman–Crippen MR) is 378 cm³/mol. The molecule has 0 heterocycles. The Balaban J connectivity index is 3.96. The van der Waals surface area contributed by atoms with Crippen molar-refractivity contribution in [1.82, 2.24) is 5.32 Å². The number of likely N-dealkylation sites (N-methyl/N-ethyl adjacent to an activating group) is 1. The molecular weight excluding hydrogens is 1080 g/mol. The van der Waals surface area contributed by atoms with Crippen LogP contribution >= 0.6 is 7.82 Å². The van der Waals surface area contributed by atoms with Crippen LogP contribution in [0.5, 0.6) is 0 Å². The van der Waals surface area contributed by atoms with E-state index < -0.39 is 20.0 Å². The van der Waals surface area contributed by atoms with Crippen LogP contribution in [0.25, 0.3) is 0 Å². The Bertz CT molecular complexity index is 1450. The number of allylic oxidation sites excluding steroid dienone is 3.